The summed E-state index contributed by atoms with van der Waals surface area (Å²) in [5, 5.41) is 2.81. The predicted molar refractivity (Wildman–Crippen MR) is 107 cm³/mol. The molecule has 0 unspecified atom stereocenters. The van der Waals surface area contributed by atoms with Gasteiger partial charge in [0.05, 0.1) is 17.3 Å². The van der Waals surface area contributed by atoms with Crippen LogP contribution >= 0.6 is 15.9 Å². The number of aryl methyl sites for hydroxylation is 2. The lowest BCUT2D eigenvalue weighted by molar-refractivity contribution is 0.187. The molecule has 1 fully saturated rings. The molecule has 5 heteroatoms. The maximum Gasteiger partial charge on any atom is 0.411 e. The fraction of sp³-hybridized carbons (Fsp3) is 0.381. The first-order valence-corrected chi connectivity index (χ1v) is 9.71. The Labute approximate surface area is 163 Å². The van der Waals surface area contributed by atoms with Gasteiger partial charge in [0.2, 0.25) is 0 Å². The van der Waals surface area contributed by atoms with Gasteiger partial charge in [-0.25, -0.2) is 4.79 Å². The molecule has 1 saturated carbocycles. The Hall–Kier alpha value is -2.01. The van der Waals surface area contributed by atoms with Crippen LogP contribution in [0.25, 0.3) is 0 Å². The second kappa shape index (κ2) is 8.12. The molecule has 0 heterocycles. The van der Waals surface area contributed by atoms with Crippen LogP contribution < -0.4 is 10.1 Å². The summed E-state index contributed by atoms with van der Waals surface area (Å²) >= 11 is 3.61. The Morgan fingerprint density at radius 2 is 2.08 bits per heavy atom. The highest BCUT2D eigenvalue weighted by molar-refractivity contribution is 9.10. The van der Waals surface area contributed by atoms with E-state index in [1.807, 2.05) is 12.1 Å². The van der Waals surface area contributed by atoms with Crippen LogP contribution in [0.15, 0.2) is 34.8 Å². The summed E-state index contributed by atoms with van der Waals surface area (Å²) in [6.07, 6.45) is 2.89. The van der Waals surface area contributed by atoms with Crippen LogP contribution in [0.1, 0.15) is 47.9 Å². The molecule has 0 saturated heterocycles. The first-order valence-electron chi connectivity index (χ1n) is 8.92. The summed E-state index contributed by atoms with van der Waals surface area (Å²) in [4.78, 5) is 11.7. The lowest BCUT2D eigenvalue weighted by Crippen LogP contribution is -2.14. The molecular formula is C21H24BrNO3. The number of hydrogen-bond donors (Lipinski definition) is 1. The normalized spacial score (nSPS) is 13.4. The van der Waals surface area contributed by atoms with Crippen molar-refractivity contribution in [3.8, 4) is 5.75 Å². The third kappa shape index (κ3) is 4.21. The second-order valence-electron chi connectivity index (χ2n) is 6.62. The monoisotopic (exact) mass is 417 g/mol. The van der Waals surface area contributed by atoms with Crippen molar-refractivity contribution in [1.82, 2.24) is 0 Å². The van der Waals surface area contributed by atoms with Crippen LogP contribution in [0.4, 0.5) is 10.5 Å². The third-order valence-corrected chi connectivity index (χ3v) is 5.41. The Bertz CT molecular complexity index is 815. The Kier molecular flexibility index (Phi) is 5.87. The SMILES string of the molecule is CCc1cc(Br)c(OCc2c(NC(=O)OC)cccc2C2CC2)cc1C. The third-order valence-electron chi connectivity index (χ3n) is 4.79. The van der Waals surface area contributed by atoms with Gasteiger partial charge in [0.15, 0.2) is 0 Å². The predicted octanol–water partition coefficient (Wildman–Crippen LogP) is 5.95. The fourth-order valence-electron chi connectivity index (χ4n) is 3.16. The zero-order valence-electron chi connectivity index (χ0n) is 15.4. The van der Waals surface area contributed by atoms with Crippen LogP contribution in [0.2, 0.25) is 0 Å². The van der Waals surface area contributed by atoms with E-state index in [0.29, 0.717) is 12.5 Å². The Balaban J connectivity index is 1.87. The summed E-state index contributed by atoms with van der Waals surface area (Å²) < 4.78 is 11.8. The number of methoxy groups -OCH3 is 1. The molecule has 0 bridgehead atoms. The minimum absolute atomic E-state index is 0.398. The van der Waals surface area contributed by atoms with E-state index in [0.717, 1.165) is 27.9 Å². The van der Waals surface area contributed by atoms with Crippen molar-refractivity contribution >= 4 is 27.7 Å². The van der Waals surface area contributed by atoms with E-state index in [-0.39, 0.29) is 0 Å². The van der Waals surface area contributed by atoms with E-state index in [9.17, 15) is 4.79 Å². The lowest BCUT2D eigenvalue weighted by Gasteiger charge is -2.17. The van der Waals surface area contributed by atoms with Gasteiger partial charge in [0.25, 0.3) is 0 Å². The van der Waals surface area contributed by atoms with Crippen LogP contribution in [-0.2, 0) is 17.8 Å². The lowest BCUT2D eigenvalue weighted by atomic mass is 10.0. The summed E-state index contributed by atoms with van der Waals surface area (Å²) in [6, 6.07) is 10.2. The molecule has 2 aromatic carbocycles. The number of ether oxygens (including phenoxy) is 2. The second-order valence-corrected chi connectivity index (χ2v) is 7.47. The highest BCUT2D eigenvalue weighted by Gasteiger charge is 2.27. The fourth-order valence-corrected chi connectivity index (χ4v) is 3.66. The number of amides is 1. The van der Waals surface area contributed by atoms with Crippen molar-refractivity contribution in [2.45, 2.75) is 45.6 Å². The molecule has 26 heavy (non-hydrogen) atoms. The van der Waals surface area contributed by atoms with Crippen molar-refractivity contribution in [3.05, 3.63) is 57.1 Å². The summed E-state index contributed by atoms with van der Waals surface area (Å²) in [5.41, 5.74) is 5.53. The van der Waals surface area contributed by atoms with Crippen LogP contribution in [0, 0.1) is 6.92 Å². The standard InChI is InChI=1S/C21H24BrNO3/c1-4-14-11-18(22)20(10-13(14)2)26-12-17-16(15-8-9-15)6-5-7-19(17)23-21(24)25-3/h5-7,10-11,15H,4,8-9,12H2,1-3H3,(H,23,24). The van der Waals surface area contributed by atoms with Crippen LogP contribution in [0.3, 0.4) is 0 Å². The van der Waals surface area contributed by atoms with Gasteiger partial charge in [0, 0.05) is 5.56 Å². The number of benzene rings is 2. The van der Waals surface area contributed by atoms with Gasteiger partial charge in [-0.05, 0) is 82.9 Å². The molecular weight excluding hydrogens is 394 g/mol. The van der Waals surface area contributed by atoms with Gasteiger partial charge in [-0.2, -0.15) is 0 Å². The number of halogens is 1. The van der Waals surface area contributed by atoms with Gasteiger partial charge in [0.1, 0.15) is 12.4 Å². The van der Waals surface area contributed by atoms with Crippen molar-refractivity contribution in [2.24, 2.45) is 0 Å². The maximum absolute atomic E-state index is 11.7. The van der Waals surface area contributed by atoms with Crippen molar-refractivity contribution < 1.29 is 14.3 Å². The minimum Gasteiger partial charge on any atom is -0.488 e. The zero-order chi connectivity index (χ0) is 18.7. The molecule has 1 amide bonds. The number of hydrogen-bond acceptors (Lipinski definition) is 3. The average molecular weight is 418 g/mol. The number of carbonyl (C=O) groups is 1. The van der Waals surface area contributed by atoms with Gasteiger partial charge < -0.3 is 9.47 Å². The quantitative estimate of drug-likeness (QED) is 0.630. The van der Waals surface area contributed by atoms with E-state index in [1.165, 1.54) is 36.6 Å². The molecule has 1 aliphatic rings. The Morgan fingerprint density at radius 3 is 2.73 bits per heavy atom. The first-order chi connectivity index (χ1) is 12.5. The summed E-state index contributed by atoms with van der Waals surface area (Å²) in [6.45, 7) is 4.64. The molecule has 0 aromatic heterocycles. The van der Waals surface area contributed by atoms with Crippen molar-refractivity contribution in [2.75, 3.05) is 12.4 Å². The topological polar surface area (TPSA) is 47.6 Å². The molecule has 4 nitrogen and oxygen atoms in total. The van der Waals surface area contributed by atoms with Crippen LogP contribution in [0.5, 0.6) is 5.75 Å². The zero-order valence-corrected chi connectivity index (χ0v) is 17.0. The average Bonchev–Trinajstić information content (AvgIpc) is 3.47. The Morgan fingerprint density at radius 1 is 1.31 bits per heavy atom. The number of rotatable bonds is 6. The van der Waals surface area contributed by atoms with E-state index in [4.69, 9.17) is 9.47 Å². The molecule has 0 atom stereocenters. The summed E-state index contributed by atoms with van der Waals surface area (Å²) in [5.74, 6) is 1.37. The molecule has 2 aromatic rings. The molecule has 1 aliphatic carbocycles. The van der Waals surface area contributed by atoms with Crippen molar-refractivity contribution in [1.29, 1.82) is 0 Å². The maximum atomic E-state index is 11.7. The van der Waals surface area contributed by atoms with Gasteiger partial charge in [-0.1, -0.05) is 19.1 Å². The number of carbonyl (C=O) groups excluding carboxylic acids is 1. The van der Waals surface area contributed by atoms with Gasteiger partial charge >= 0.3 is 6.09 Å². The molecule has 0 aliphatic heterocycles. The molecule has 3 rings (SSSR count). The molecule has 0 radical (unpaired) electrons. The number of anilines is 1. The number of nitrogens with one attached hydrogen (secondary N) is 1. The minimum atomic E-state index is -0.469. The smallest absolute Gasteiger partial charge is 0.411 e. The van der Waals surface area contributed by atoms with E-state index in [2.05, 4.69) is 53.3 Å². The van der Waals surface area contributed by atoms with E-state index < -0.39 is 6.09 Å². The van der Waals surface area contributed by atoms with Gasteiger partial charge in [-0.3, -0.25) is 5.32 Å². The highest BCUT2D eigenvalue weighted by atomic mass is 79.9. The summed E-state index contributed by atoms with van der Waals surface area (Å²) in [7, 11) is 1.37. The van der Waals surface area contributed by atoms with E-state index >= 15 is 0 Å². The molecule has 138 valence electrons. The molecule has 0 spiro atoms. The van der Waals surface area contributed by atoms with Crippen LogP contribution in [-0.4, -0.2) is 13.2 Å². The van der Waals surface area contributed by atoms with E-state index in [1.54, 1.807) is 0 Å². The highest BCUT2D eigenvalue weighted by Crippen LogP contribution is 2.43. The first kappa shape index (κ1) is 18.8. The van der Waals surface area contributed by atoms with Gasteiger partial charge in [-0.15, -0.1) is 0 Å². The largest absolute Gasteiger partial charge is 0.488 e. The van der Waals surface area contributed by atoms with Crippen molar-refractivity contribution in [3.63, 3.8) is 0 Å². The molecule has 1 N–H and O–H groups in total.